The molecule has 0 aliphatic heterocycles. The monoisotopic (exact) mass is 429 g/mol. The van der Waals surface area contributed by atoms with E-state index >= 15 is 0 Å². The Kier molecular flexibility index (Phi) is 7.17. The average molecular weight is 429 g/mol. The third-order valence-corrected chi connectivity index (χ3v) is 5.00. The predicted molar refractivity (Wildman–Crippen MR) is 120 cm³/mol. The van der Waals surface area contributed by atoms with Gasteiger partial charge in [0.15, 0.2) is 0 Å². The van der Waals surface area contributed by atoms with Crippen LogP contribution in [0.1, 0.15) is 36.5 Å². The van der Waals surface area contributed by atoms with Crippen LogP contribution in [-0.2, 0) is 6.18 Å². The van der Waals surface area contributed by atoms with E-state index in [0.29, 0.717) is 17.9 Å². The van der Waals surface area contributed by atoms with Crippen LogP contribution in [0.5, 0.6) is 5.75 Å². The van der Waals surface area contributed by atoms with Crippen LogP contribution in [0.25, 0.3) is 23.1 Å². The summed E-state index contributed by atoms with van der Waals surface area (Å²) in [6.07, 6.45) is 2.61. The number of anilines is 1. The van der Waals surface area contributed by atoms with Crippen LogP contribution in [-0.4, -0.2) is 24.7 Å². The summed E-state index contributed by atoms with van der Waals surface area (Å²) in [4.78, 5) is 4.53. The molecule has 3 rings (SSSR count). The second-order valence-electron chi connectivity index (χ2n) is 7.40. The molecule has 0 aliphatic carbocycles. The molecular formula is C24H26F3N3O. The summed E-state index contributed by atoms with van der Waals surface area (Å²) < 4.78 is 44.4. The number of rotatable bonds is 8. The van der Waals surface area contributed by atoms with Crippen LogP contribution in [0, 0.1) is 0 Å². The SMILES string of the molecule is COc1cc(NC(C)CCCN)c2nccc(/C=C/c3cccc(C(F)(F)F)c3)c2c1. The first-order valence-corrected chi connectivity index (χ1v) is 10.1. The van der Waals surface area contributed by atoms with E-state index in [4.69, 9.17) is 10.5 Å². The smallest absolute Gasteiger partial charge is 0.416 e. The molecule has 1 heterocycles. The number of halogens is 3. The van der Waals surface area contributed by atoms with Crippen molar-refractivity contribution in [3.8, 4) is 5.75 Å². The minimum atomic E-state index is -4.37. The molecule has 1 unspecified atom stereocenters. The first-order valence-electron chi connectivity index (χ1n) is 10.1. The molecule has 0 aliphatic rings. The van der Waals surface area contributed by atoms with Gasteiger partial charge < -0.3 is 15.8 Å². The van der Waals surface area contributed by atoms with Gasteiger partial charge in [-0.1, -0.05) is 24.3 Å². The number of nitrogens with two attached hydrogens (primary N) is 1. The molecule has 3 N–H and O–H groups in total. The summed E-state index contributed by atoms with van der Waals surface area (Å²) in [7, 11) is 1.59. The predicted octanol–water partition coefficient (Wildman–Crippen LogP) is 5.97. The standard InChI is InChI=1S/C24H26F3N3O/c1-16(5-4-11-28)30-22-15-20(31-2)14-21-18(10-12-29-23(21)22)9-8-17-6-3-7-19(13-17)24(25,26)27/h3,6-10,12-16,30H,4-5,11,28H2,1-2H3/b9-8+. The van der Waals surface area contributed by atoms with Crippen molar-refractivity contribution in [3.05, 3.63) is 65.4 Å². The largest absolute Gasteiger partial charge is 0.497 e. The Morgan fingerprint density at radius 2 is 1.97 bits per heavy atom. The van der Waals surface area contributed by atoms with E-state index in [-0.39, 0.29) is 6.04 Å². The van der Waals surface area contributed by atoms with Crippen LogP contribution in [0.3, 0.4) is 0 Å². The number of ether oxygens (including phenoxy) is 1. The molecule has 0 bridgehead atoms. The van der Waals surface area contributed by atoms with Gasteiger partial charge in [0.2, 0.25) is 0 Å². The molecule has 3 aromatic rings. The Morgan fingerprint density at radius 1 is 1.16 bits per heavy atom. The maximum atomic E-state index is 13.0. The first-order chi connectivity index (χ1) is 14.8. The van der Waals surface area contributed by atoms with Crippen LogP contribution < -0.4 is 15.8 Å². The number of nitrogens with zero attached hydrogens (tertiary/aromatic N) is 1. The molecule has 0 spiro atoms. The molecule has 7 heteroatoms. The molecule has 0 fully saturated rings. The highest BCUT2D eigenvalue weighted by molar-refractivity contribution is 5.98. The molecule has 2 aromatic carbocycles. The van der Waals surface area contributed by atoms with E-state index in [9.17, 15) is 13.2 Å². The van der Waals surface area contributed by atoms with Crippen molar-refractivity contribution in [2.24, 2.45) is 5.73 Å². The number of fused-ring (bicyclic) bond motifs is 1. The highest BCUT2D eigenvalue weighted by Crippen LogP contribution is 2.32. The summed E-state index contributed by atoms with van der Waals surface area (Å²) in [5.74, 6) is 0.669. The topological polar surface area (TPSA) is 60.2 Å². The number of benzene rings is 2. The average Bonchev–Trinajstić information content (AvgIpc) is 2.75. The summed E-state index contributed by atoms with van der Waals surface area (Å²) in [6.45, 7) is 2.71. The first kappa shape index (κ1) is 22.6. The third-order valence-electron chi connectivity index (χ3n) is 5.00. The lowest BCUT2D eigenvalue weighted by Gasteiger charge is -2.18. The Hall–Kier alpha value is -3.06. The second-order valence-corrected chi connectivity index (χ2v) is 7.40. The van der Waals surface area contributed by atoms with Gasteiger partial charge in [0.25, 0.3) is 0 Å². The molecule has 164 valence electrons. The van der Waals surface area contributed by atoms with E-state index < -0.39 is 11.7 Å². The Labute approximate surface area is 179 Å². The molecule has 4 nitrogen and oxygen atoms in total. The second kappa shape index (κ2) is 9.83. The van der Waals surface area contributed by atoms with E-state index in [1.54, 1.807) is 31.5 Å². The normalized spacial score (nSPS) is 13.0. The van der Waals surface area contributed by atoms with Crippen molar-refractivity contribution in [1.82, 2.24) is 4.98 Å². The van der Waals surface area contributed by atoms with Crippen molar-refractivity contribution in [1.29, 1.82) is 0 Å². The highest BCUT2D eigenvalue weighted by atomic mass is 19.4. The fraction of sp³-hybridized carbons (Fsp3) is 0.292. The van der Waals surface area contributed by atoms with Crippen molar-refractivity contribution >= 4 is 28.7 Å². The molecular weight excluding hydrogens is 403 g/mol. The lowest BCUT2D eigenvalue weighted by molar-refractivity contribution is -0.137. The van der Waals surface area contributed by atoms with E-state index in [0.717, 1.165) is 47.1 Å². The minimum Gasteiger partial charge on any atom is -0.497 e. The Balaban J connectivity index is 1.98. The van der Waals surface area contributed by atoms with Gasteiger partial charge in [0.1, 0.15) is 5.75 Å². The molecule has 1 aromatic heterocycles. The molecule has 31 heavy (non-hydrogen) atoms. The van der Waals surface area contributed by atoms with Crippen molar-refractivity contribution in [3.63, 3.8) is 0 Å². The maximum Gasteiger partial charge on any atom is 0.416 e. The molecule has 0 saturated carbocycles. The van der Waals surface area contributed by atoms with Gasteiger partial charge in [-0.2, -0.15) is 13.2 Å². The summed E-state index contributed by atoms with van der Waals surface area (Å²) in [5, 5.41) is 4.32. The van der Waals surface area contributed by atoms with Gasteiger partial charge in [-0.05, 0) is 61.7 Å². The lowest BCUT2D eigenvalue weighted by atomic mass is 10.0. The van der Waals surface area contributed by atoms with Crippen LogP contribution in [0.2, 0.25) is 0 Å². The highest BCUT2D eigenvalue weighted by Gasteiger charge is 2.30. The summed E-state index contributed by atoms with van der Waals surface area (Å²) in [5.41, 5.74) is 7.85. The van der Waals surface area contributed by atoms with Gasteiger partial charge in [-0.15, -0.1) is 0 Å². The van der Waals surface area contributed by atoms with Crippen molar-refractivity contribution in [2.45, 2.75) is 32.0 Å². The third kappa shape index (κ3) is 5.76. The van der Waals surface area contributed by atoms with E-state index in [1.165, 1.54) is 6.07 Å². The zero-order chi connectivity index (χ0) is 22.4. The minimum absolute atomic E-state index is 0.199. The summed E-state index contributed by atoms with van der Waals surface area (Å²) >= 11 is 0. The van der Waals surface area contributed by atoms with Gasteiger partial charge in [0, 0.05) is 23.7 Å². The van der Waals surface area contributed by atoms with Gasteiger partial charge in [-0.25, -0.2) is 0 Å². The fourth-order valence-electron chi connectivity index (χ4n) is 3.39. The number of aromatic nitrogens is 1. The molecule has 1 atom stereocenters. The quantitative estimate of drug-likeness (QED) is 0.463. The van der Waals surface area contributed by atoms with Gasteiger partial charge in [-0.3, -0.25) is 4.98 Å². The molecule has 0 amide bonds. The fourth-order valence-corrected chi connectivity index (χ4v) is 3.39. The van der Waals surface area contributed by atoms with E-state index in [1.807, 2.05) is 18.2 Å². The molecule has 0 saturated heterocycles. The van der Waals surface area contributed by atoms with E-state index in [2.05, 4.69) is 17.2 Å². The van der Waals surface area contributed by atoms with Crippen molar-refractivity contribution in [2.75, 3.05) is 19.0 Å². The zero-order valence-electron chi connectivity index (χ0n) is 17.5. The van der Waals surface area contributed by atoms with Gasteiger partial charge >= 0.3 is 6.18 Å². The number of pyridine rings is 1. The number of alkyl halides is 3. The Bertz CT molecular complexity index is 1060. The van der Waals surface area contributed by atoms with Gasteiger partial charge in [0.05, 0.1) is 23.9 Å². The van der Waals surface area contributed by atoms with Crippen molar-refractivity contribution < 1.29 is 17.9 Å². The van der Waals surface area contributed by atoms with Crippen LogP contribution >= 0.6 is 0 Å². The van der Waals surface area contributed by atoms with Crippen LogP contribution in [0.4, 0.5) is 18.9 Å². The maximum absolute atomic E-state index is 13.0. The number of hydrogen-bond donors (Lipinski definition) is 2. The number of methoxy groups -OCH3 is 1. The molecule has 0 radical (unpaired) electrons. The van der Waals surface area contributed by atoms with Crippen LogP contribution in [0.15, 0.2) is 48.7 Å². The number of hydrogen-bond acceptors (Lipinski definition) is 4. The number of nitrogens with one attached hydrogen (secondary N) is 1. The summed E-state index contributed by atoms with van der Waals surface area (Å²) in [6, 6.07) is 11.0. The zero-order valence-corrected chi connectivity index (χ0v) is 17.5. The lowest BCUT2D eigenvalue weighted by Crippen LogP contribution is -2.17. The Morgan fingerprint density at radius 3 is 2.68 bits per heavy atom.